The molecular formula is C26H28NO3PS. The molecular weight excluding hydrogens is 437 g/mol. The van der Waals surface area contributed by atoms with Crippen molar-refractivity contribution >= 4 is 45.8 Å². The maximum atomic E-state index is 12.8. The van der Waals surface area contributed by atoms with E-state index in [-0.39, 0.29) is 16.8 Å². The summed E-state index contributed by atoms with van der Waals surface area (Å²) in [5.41, 5.74) is 0. The van der Waals surface area contributed by atoms with Crippen molar-refractivity contribution in [3.05, 3.63) is 91.0 Å². The maximum Gasteiger partial charge on any atom is 0.331 e. The second kappa shape index (κ2) is 11.3. The summed E-state index contributed by atoms with van der Waals surface area (Å²) < 4.78 is 10.4. The molecule has 0 bridgehead atoms. The Morgan fingerprint density at radius 2 is 1.22 bits per heavy atom. The van der Waals surface area contributed by atoms with Crippen molar-refractivity contribution < 1.29 is 14.3 Å². The van der Waals surface area contributed by atoms with E-state index in [1.807, 2.05) is 68.4 Å². The lowest BCUT2D eigenvalue weighted by Crippen LogP contribution is -2.30. The zero-order chi connectivity index (χ0) is 23.0. The molecule has 0 heterocycles. The quantitative estimate of drug-likeness (QED) is 0.360. The Bertz CT molecular complexity index is 982. The van der Waals surface area contributed by atoms with Gasteiger partial charge in [0.15, 0.2) is 11.2 Å². The second-order valence-electron chi connectivity index (χ2n) is 7.58. The van der Waals surface area contributed by atoms with Crippen molar-refractivity contribution in [3.63, 3.8) is 0 Å². The van der Waals surface area contributed by atoms with E-state index in [4.69, 9.17) is 9.48 Å². The first-order valence-corrected chi connectivity index (χ1v) is 13.2. The van der Waals surface area contributed by atoms with Gasteiger partial charge in [-0.25, -0.2) is 4.79 Å². The Labute approximate surface area is 194 Å². The van der Waals surface area contributed by atoms with Crippen LogP contribution in [0.25, 0.3) is 0 Å². The normalized spacial score (nSPS) is 12.2. The van der Waals surface area contributed by atoms with Gasteiger partial charge >= 0.3 is 5.97 Å². The molecule has 1 atom stereocenters. The van der Waals surface area contributed by atoms with Gasteiger partial charge < -0.3 is 4.74 Å². The van der Waals surface area contributed by atoms with Crippen LogP contribution in [0, 0.1) is 5.92 Å². The SMILES string of the molecule is COC(=O)[C@H](CSC(=O)C(C)C)N=P(c1ccccc1)(c1ccccc1)c1ccccc1. The van der Waals surface area contributed by atoms with Gasteiger partial charge in [-0.3, -0.25) is 9.54 Å². The molecule has 0 saturated heterocycles. The molecule has 0 aliphatic rings. The van der Waals surface area contributed by atoms with Crippen LogP contribution in [0.4, 0.5) is 0 Å². The summed E-state index contributed by atoms with van der Waals surface area (Å²) in [6.07, 6.45) is 0. The number of nitrogens with zero attached hydrogens (tertiary/aromatic N) is 1. The Morgan fingerprint density at radius 3 is 1.56 bits per heavy atom. The minimum absolute atomic E-state index is 0.0390. The Balaban J connectivity index is 2.30. The topological polar surface area (TPSA) is 55.7 Å². The molecule has 6 heteroatoms. The Morgan fingerprint density at radius 1 is 0.812 bits per heavy atom. The second-order valence-corrected chi connectivity index (χ2v) is 11.7. The number of hydrogen-bond acceptors (Lipinski definition) is 5. The molecule has 0 spiro atoms. The average molecular weight is 466 g/mol. The molecule has 0 fully saturated rings. The highest BCUT2D eigenvalue weighted by Crippen LogP contribution is 2.47. The summed E-state index contributed by atoms with van der Waals surface area (Å²) in [6.45, 7) is 3.71. The summed E-state index contributed by atoms with van der Waals surface area (Å²) in [7, 11) is -1.19. The van der Waals surface area contributed by atoms with E-state index in [9.17, 15) is 9.59 Å². The van der Waals surface area contributed by atoms with Crippen LogP contribution in [-0.4, -0.2) is 30.0 Å². The van der Waals surface area contributed by atoms with Gasteiger partial charge in [0.2, 0.25) is 0 Å². The van der Waals surface area contributed by atoms with Crippen LogP contribution in [0.3, 0.4) is 0 Å². The average Bonchev–Trinajstić information content (AvgIpc) is 2.85. The van der Waals surface area contributed by atoms with Gasteiger partial charge in [0, 0.05) is 27.6 Å². The molecule has 3 aromatic carbocycles. The fourth-order valence-corrected chi connectivity index (χ4v) is 8.08. The maximum absolute atomic E-state index is 12.8. The fraction of sp³-hybridized carbons (Fsp3) is 0.231. The first-order chi connectivity index (χ1) is 15.5. The zero-order valence-corrected chi connectivity index (χ0v) is 20.3. The lowest BCUT2D eigenvalue weighted by atomic mass is 10.3. The minimum Gasteiger partial charge on any atom is -0.467 e. The van der Waals surface area contributed by atoms with Crippen LogP contribution in [-0.2, 0) is 14.3 Å². The number of ether oxygens (including phenoxy) is 1. The van der Waals surface area contributed by atoms with Gasteiger partial charge in [-0.2, -0.15) is 0 Å². The van der Waals surface area contributed by atoms with E-state index < -0.39 is 19.1 Å². The Kier molecular flexibility index (Phi) is 8.49. The third-order valence-corrected chi connectivity index (χ3v) is 10.0. The summed E-state index contributed by atoms with van der Waals surface area (Å²) in [5.74, 6) is -0.297. The van der Waals surface area contributed by atoms with Gasteiger partial charge in [0.1, 0.15) is 0 Å². The molecule has 0 saturated carbocycles. The molecule has 4 nitrogen and oxygen atoms in total. The van der Waals surface area contributed by atoms with E-state index in [1.54, 1.807) is 0 Å². The van der Waals surface area contributed by atoms with Crippen molar-refractivity contribution in [2.75, 3.05) is 12.9 Å². The molecule has 3 aromatic rings. The molecule has 166 valence electrons. The summed E-state index contributed by atoms with van der Waals surface area (Å²) in [6, 6.07) is 29.5. The van der Waals surface area contributed by atoms with Crippen molar-refractivity contribution in [1.82, 2.24) is 0 Å². The van der Waals surface area contributed by atoms with Gasteiger partial charge in [0.05, 0.1) is 14.2 Å². The van der Waals surface area contributed by atoms with Crippen LogP contribution in [0.5, 0.6) is 0 Å². The van der Waals surface area contributed by atoms with Crippen LogP contribution in [0.1, 0.15) is 13.8 Å². The minimum atomic E-state index is -2.56. The van der Waals surface area contributed by atoms with E-state index in [0.29, 0.717) is 0 Å². The highest BCUT2D eigenvalue weighted by atomic mass is 32.2. The van der Waals surface area contributed by atoms with Gasteiger partial charge in [0.25, 0.3) is 0 Å². The van der Waals surface area contributed by atoms with Crippen LogP contribution in [0.2, 0.25) is 0 Å². The number of benzene rings is 3. The third kappa shape index (κ3) is 5.40. The molecule has 3 rings (SSSR count). The van der Waals surface area contributed by atoms with Crippen LogP contribution in [0.15, 0.2) is 95.7 Å². The van der Waals surface area contributed by atoms with Crippen LogP contribution < -0.4 is 15.9 Å². The molecule has 32 heavy (non-hydrogen) atoms. The largest absolute Gasteiger partial charge is 0.467 e. The van der Waals surface area contributed by atoms with E-state index >= 15 is 0 Å². The first kappa shape index (κ1) is 24.0. The zero-order valence-electron chi connectivity index (χ0n) is 18.5. The number of carbonyl (C=O) groups excluding carboxylic acids is 2. The third-order valence-electron chi connectivity index (χ3n) is 5.03. The van der Waals surface area contributed by atoms with E-state index in [0.717, 1.165) is 27.7 Å². The van der Waals surface area contributed by atoms with E-state index in [2.05, 4.69) is 36.4 Å². The number of hydrogen-bond donors (Lipinski definition) is 0. The molecule has 0 aliphatic heterocycles. The smallest absolute Gasteiger partial charge is 0.331 e. The molecule has 0 radical (unpaired) electrons. The molecule has 0 unspecified atom stereocenters. The van der Waals surface area contributed by atoms with Crippen molar-refractivity contribution in [2.45, 2.75) is 19.9 Å². The molecule has 0 amide bonds. The lowest BCUT2D eigenvalue weighted by molar-refractivity contribution is -0.141. The van der Waals surface area contributed by atoms with Gasteiger partial charge in [-0.1, -0.05) is 117 Å². The summed E-state index contributed by atoms with van der Waals surface area (Å²) in [5, 5.41) is 3.18. The number of carbonyl (C=O) groups is 2. The highest BCUT2D eigenvalue weighted by Gasteiger charge is 2.31. The molecule has 0 aliphatic carbocycles. The lowest BCUT2D eigenvalue weighted by Gasteiger charge is -2.29. The fourth-order valence-electron chi connectivity index (χ4n) is 3.40. The highest BCUT2D eigenvalue weighted by molar-refractivity contribution is 8.13. The number of thioether (sulfide) groups is 1. The standard InChI is InChI=1S/C26H28NO3PS/c1-20(2)26(29)32-19-24(25(28)30-3)27-31(21-13-7-4-8-14-21,22-15-9-5-10-16-22)23-17-11-6-12-18-23/h4-18,20,24H,19H2,1-3H3/t24-/m0/s1. The van der Waals surface area contributed by atoms with Gasteiger partial charge in [-0.15, -0.1) is 0 Å². The Hall–Kier alpha value is -2.62. The predicted molar refractivity (Wildman–Crippen MR) is 136 cm³/mol. The van der Waals surface area contributed by atoms with Gasteiger partial charge in [-0.05, 0) is 0 Å². The number of rotatable bonds is 8. The van der Waals surface area contributed by atoms with Crippen molar-refractivity contribution in [2.24, 2.45) is 10.7 Å². The number of methoxy groups -OCH3 is 1. The van der Waals surface area contributed by atoms with Crippen molar-refractivity contribution in [3.8, 4) is 0 Å². The summed E-state index contributed by atoms with van der Waals surface area (Å²) >= 11 is 1.15. The predicted octanol–water partition coefficient (Wildman–Crippen LogP) is 4.62. The summed E-state index contributed by atoms with van der Waals surface area (Å²) in [4.78, 5) is 25.2. The first-order valence-electron chi connectivity index (χ1n) is 10.5. The molecule has 0 aromatic heterocycles. The monoisotopic (exact) mass is 465 g/mol. The van der Waals surface area contributed by atoms with Crippen LogP contribution >= 0.6 is 18.8 Å². The number of esters is 1. The van der Waals surface area contributed by atoms with Crippen molar-refractivity contribution in [1.29, 1.82) is 0 Å². The molecule has 0 N–H and O–H groups in total. The van der Waals surface area contributed by atoms with E-state index in [1.165, 1.54) is 7.11 Å².